The van der Waals surface area contributed by atoms with Gasteiger partial charge in [-0.1, -0.05) is 30.3 Å². The van der Waals surface area contributed by atoms with Crippen LogP contribution in [0.4, 0.5) is 18.9 Å². The standard InChI is InChI=1S/C27H26F3N3O4S/c1-17(34)6-11-24(35)33-14-12-19(13-15-33)26-32-23(16-38-26)25(36)31-22-5-3-2-4-21(22)18-7-9-20(10-8-18)37-27(28,29)30/h2-5,7-10,16,19H,6,11-15H2,1H3,(H,31,36). The summed E-state index contributed by atoms with van der Waals surface area (Å²) >= 11 is 1.40. The van der Waals surface area contributed by atoms with Crippen LogP contribution in [0.15, 0.2) is 53.9 Å². The monoisotopic (exact) mass is 545 g/mol. The highest BCUT2D eigenvalue weighted by atomic mass is 32.1. The molecule has 0 bridgehead atoms. The first-order valence-electron chi connectivity index (χ1n) is 12.1. The maximum absolute atomic E-state index is 13.0. The number of anilines is 1. The fourth-order valence-electron chi connectivity index (χ4n) is 4.26. The molecule has 0 unspecified atom stereocenters. The minimum absolute atomic E-state index is 0.00195. The van der Waals surface area contributed by atoms with Gasteiger partial charge in [0.25, 0.3) is 5.91 Å². The third-order valence-corrected chi connectivity index (χ3v) is 7.22. The molecule has 0 spiro atoms. The number of carbonyl (C=O) groups is 3. The third kappa shape index (κ3) is 7.18. The number of nitrogens with zero attached hydrogens (tertiary/aromatic N) is 2. The first-order chi connectivity index (χ1) is 18.1. The van der Waals surface area contributed by atoms with Crippen LogP contribution in [-0.2, 0) is 9.59 Å². The highest BCUT2D eigenvalue weighted by molar-refractivity contribution is 7.10. The Morgan fingerprint density at radius 2 is 1.74 bits per heavy atom. The maximum Gasteiger partial charge on any atom is 0.573 e. The lowest BCUT2D eigenvalue weighted by Gasteiger charge is -2.31. The van der Waals surface area contributed by atoms with Gasteiger partial charge in [0.1, 0.15) is 17.2 Å². The summed E-state index contributed by atoms with van der Waals surface area (Å²) in [6.45, 7) is 2.65. The molecule has 0 atom stereocenters. The largest absolute Gasteiger partial charge is 0.573 e. The Bertz CT molecular complexity index is 1300. The van der Waals surface area contributed by atoms with Gasteiger partial charge < -0.3 is 19.7 Å². The van der Waals surface area contributed by atoms with Crippen molar-refractivity contribution in [2.75, 3.05) is 18.4 Å². The zero-order chi connectivity index (χ0) is 27.3. The summed E-state index contributed by atoms with van der Waals surface area (Å²) in [5, 5.41) is 5.38. The Hall–Kier alpha value is -3.73. The molecule has 200 valence electrons. The molecule has 1 aromatic heterocycles. The molecule has 7 nitrogen and oxygen atoms in total. The molecule has 1 saturated heterocycles. The molecule has 0 radical (unpaired) electrons. The average Bonchev–Trinajstić information content (AvgIpc) is 3.38. The number of ketones is 1. The quantitative estimate of drug-likeness (QED) is 0.373. The van der Waals surface area contributed by atoms with Gasteiger partial charge in [-0.15, -0.1) is 24.5 Å². The van der Waals surface area contributed by atoms with Crippen LogP contribution in [-0.4, -0.2) is 46.9 Å². The number of halogens is 3. The number of amides is 2. The summed E-state index contributed by atoms with van der Waals surface area (Å²) in [4.78, 5) is 42.7. The number of piperidine rings is 1. The van der Waals surface area contributed by atoms with Gasteiger partial charge in [-0.25, -0.2) is 4.98 Å². The molecule has 4 rings (SSSR count). The Balaban J connectivity index is 1.38. The third-order valence-electron chi connectivity index (χ3n) is 6.22. The van der Waals surface area contributed by atoms with Crippen LogP contribution in [0.25, 0.3) is 11.1 Å². The van der Waals surface area contributed by atoms with Gasteiger partial charge in [0.15, 0.2) is 0 Å². The van der Waals surface area contributed by atoms with E-state index in [1.165, 1.54) is 42.5 Å². The van der Waals surface area contributed by atoms with Gasteiger partial charge in [0, 0.05) is 48.5 Å². The molecule has 1 fully saturated rings. The number of thiazole rings is 1. The van der Waals surface area contributed by atoms with Crippen LogP contribution in [0.5, 0.6) is 5.75 Å². The lowest BCUT2D eigenvalue weighted by molar-refractivity contribution is -0.274. The first kappa shape index (κ1) is 27.3. The predicted octanol–water partition coefficient (Wildman–Crippen LogP) is 6.04. The predicted molar refractivity (Wildman–Crippen MR) is 137 cm³/mol. The van der Waals surface area contributed by atoms with Gasteiger partial charge in [0.2, 0.25) is 5.91 Å². The highest BCUT2D eigenvalue weighted by Gasteiger charge is 2.31. The number of hydrogen-bond donors (Lipinski definition) is 1. The lowest BCUT2D eigenvalue weighted by atomic mass is 9.97. The molecular formula is C27H26F3N3O4S. The van der Waals surface area contributed by atoms with E-state index in [1.807, 2.05) is 0 Å². The molecule has 2 aromatic carbocycles. The van der Waals surface area contributed by atoms with Crippen LogP contribution in [0.1, 0.15) is 54.0 Å². The van der Waals surface area contributed by atoms with Crippen molar-refractivity contribution in [3.8, 4) is 16.9 Å². The number of alkyl halides is 3. The van der Waals surface area contributed by atoms with Crippen molar-refractivity contribution >= 4 is 34.6 Å². The number of ether oxygens (including phenoxy) is 1. The van der Waals surface area contributed by atoms with E-state index >= 15 is 0 Å². The molecule has 1 aliphatic rings. The van der Waals surface area contributed by atoms with Gasteiger partial charge in [0.05, 0.1) is 5.01 Å². The van der Waals surface area contributed by atoms with Gasteiger partial charge in [-0.05, 0) is 43.5 Å². The Labute approximate surface area is 221 Å². The van der Waals surface area contributed by atoms with E-state index in [0.717, 1.165) is 17.8 Å². The van der Waals surface area contributed by atoms with Crippen molar-refractivity contribution in [3.05, 3.63) is 64.6 Å². The molecule has 3 aromatic rings. The van der Waals surface area contributed by atoms with E-state index in [2.05, 4.69) is 15.0 Å². The number of hydrogen-bond acceptors (Lipinski definition) is 6. The van der Waals surface area contributed by atoms with Gasteiger partial charge >= 0.3 is 6.36 Å². The molecule has 11 heteroatoms. The molecule has 2 amide bonds. The number of benzene rings is 2. The van der Waals surface area contributed by atoms with Crippen LogP contribution < -0.4 is 10.1 Å². The Morgan fingerprint density at radius 3 is 2.39 bits per heavy atom. The van der Waals surface area contributed by atoms with E-state index in [1.54, 1.807) is 34.5 Å². The Morgan fingerprint density at radius 1 is 1.05 bits per heavy atom. The molecule has 38 heavy (non-hydrogen) atoms. The summed E-state index contributed by atoms with van der Waals surface area (Å²) in [5.74, 6) is -0.599. The zero-order valence-corrected chi connectivity index (χ0v) is 21.4. The second-order valence-corrected chi connectivity index (χ2v) is 9.89. The van der Waals surface area contributed by atoms with Crippen molar-refractivity contribution in [1.29, 1.82) is 0 Å². The average molecular weight is 546 g/mol. The van der Waals surface area contributed by atoms with Crippen molar-refractivity contribution in [2.45, 2.75) is 44.9 Å². The minimum Gasteiger partial charge on any atom is -0.406 e. The summed E-state index contributed by atoms with van der Waals surface area (Å²) in [6, 6.07) is 12.4. The van der Waals surface area contributed by atoms with Gasteiger partial charge in [-0.2, -0.15) is 0 Å². The Kier molecular flexibility index (Phi) is 8.45. The van der Waals surface area contributed by atoms with Gasteiger partial charge in [-0.3, -0.25) is 9.59 Å². The molecule has 1 aliphatic heterocycles. The summed E-state index contributed by atoms with van der Waals surface area (Å²) in [5.41, 5.74) is 2.01. The normalized spacial score (nSPS) is 14.3. The van der Waals surface area contributed by atoms with E-state index < -0.39 is 12.3 Å². The summed E-state index contributed by atoms with van der Waals surface area (Å²) in [6.07, 6.45) is -2.82. The number of likely N-dealkylation sites (tertiary alicyclic amines) is 1. The number of rotatable bonds is 8. The number of Topliss-reactive ketones (excluding diaryl/α,β-unsaturated/α-hetero) is 1. The zero-order valence-electron chi connectivity index (χ0n) is 20.6. The number of para-hydroxylation sites is 1. The topological polar surface area (TPSA) is 88.6 Å². The summed E-state index contributed by atoms with van der Waals surface area (Å²) in [7, 11) is 0. The van der Waals surface area contributed by atoms with Crippen LogP contribution in [0.2, 0.25) is 0 Å². The SMILES string of the molecule is CC(=O)CCC(=O)N1CCC(c2nc(C(=O)Nc3ccccc3-c3ccc(OC(F)(F)F)cc3)cs2)CC1. The minimum atomic E-state index is -4.77. The smallest absolute Gasteiger partial charge is 0.406 e. The molecule has 2 heterocycles. The van der Waals surface area contributed by atoms with E-state index in [0.29, 0.717) is 29.9 Å². The molecular weight excluding hydrogens is 519 g/mol. The lowest BCUT2D eigenvalue weighted by Crippen LogP contribution is -2.38. The van der Waals surface area contributed by atoms with Crippen LogP contribution in [0.3, 0.4) is 0 Å². The molecule has 0 saturated carbocycles. The van der Waals surface area contributed by atoms with Crippen LogP contribution >= 0.6 is 11.3 Å². The fraction of sp³-hybridized carbons (Fsp3) is 0.333. The first-order valence-corrected chi connectivity index (χ1v) is 13.0. The van der Waals surface area contributed by atoms with Crippen LogP contribution in [0, 0.1) is 0 Å². The second kappa shape index (κ2) is 11.8. The summed E-state index contributed by atoms with van der Waals surface area (Å²) < 4.78 is 41.3. The highest BCUT2D eigenvalue weighted by Crippen LogP contribution is 2.33. The van der Waals surface area contributed by atoms with E-state index in [4.69, 9.17) is 0 Å². The molecule has 0 aliphatic carbocycles. The van der Waals surface area contributed by atoms with Crippen molar-refractivity contribution in [3.63, 3.8) is 0 Å². The van der Waals surface area contributed by atoms with Crippen molar-refractivity contribution in [1.82, 2.24) is 9.88 Å². The van der Waals surface area contributed by atoms with Crippen molar-refractivity contribution in [2.24, 2.45) is 0 Å². The number of carbonyl (C=O) groups excluding carboxylic acids is 3. The maximum atomic E-state index is 13.0. The van der Waals surface area contributed by atoms with Crippen molar-refractivity contribution < 1.29 is 32.3 Å². The number of nitrogens with one attached hydrogen (secondary N) is 1. The van der Waals surface area contributed by atoms with E-state index in [9.17, 15) is 27.6 Å². The van der Waals surface area contributed by atoms with E-state index in [-0.39, 0.29) is 41.9 Å². The second-order valence-electron chi connectivity index (χ2n) is 9.00. The number of aromatic nitrogens is 1. The fourth-order valence-corrected chi connectivity index (χ4v) is 5.23. The molecule has 1 N–H and O–H groups in total.